The van der Waals surface area contributed by atoms with Crippen LogP contribution in [0.3, 0.4) is 0 Å². The number of ether oxygens (including phenoxy) is 1. The highest BCUT2D eigenvalue weighted by atomic mass is 32.2. The van der Waals surface area contributed by atoms with Crippen LogP contribution in [-0.4, -0.2) is 24.9 Å². The van der Waals surface area contributed by atoms with E-state index in [9.17, 15) is 8.42 Å². The van der Waals surface area contributed by atoms with E-state index in [0.29, 0.717) is 12.1 Å². The van der Waals surface area contributed by atoms with Gasteiger partial charge in [0.1, 0.15) is 0 Å². The van der Waals surface area contributed by atoms with Crippen molar-refractivity contribution in [2.45, 2.75) is 55.5 Å². The highest BCUT2D eigenvalue weighted by Crippen LogP contribution is 2.43. The van der Waals surface area contributed by atoms with Crippen LogP contribution < -0.4 is 5.73 Å². The third kappa shape index (κ3) is 2.49. The van der Waals surface area contributed by atoms with Crippen molar-refractivity contribution >= 4 is 15.5 Å². The molecule has 0 bridgehead atoms. The zero-order valence-electron chi connectivity index (χ0n) is 11.8. The van der Waals surface area contributed by atoms with E-state index < -0.39 is 26.3 Å². The van der Waals surface area contributed by atoms with E-state index in [2.05, 4.69) is 0 Å². The van der Waals surface area contributed by atoms with Crippen LogP contribution in [0.2, 0.25) is 0 Å². The van der Waals surface area contributed by atoms with Gasteiger partial charge in [-0.05, 0) is 46.2 Å². The molecule has 1 fully saturated rings. The highest BCUT2D eigenvalue weighted by Gasteiger charge is 2.52. The van der Waals surface area contributed by atoms with Gasteiger partial charge in [-0.3, -0.25) is 0 Å². The molecule has 2 rings (SSSR count). The van der Waals surface area contributed by atoms with Crippen molar-refractivity contribution < 1.29 is 13.2 Å². The van der Waals surface area contributed by atoms with Gasteiger partial charge in [-0.15, -0.1) is 0 Å². The lowest BCUT2D eigenvalue weighted by Crippen LogP contribution is -2.38. The summed E-state index contributed by atoms with van der Waals surface area (Å²) >= 11 is 0. The van der Waals surface area contributed by atoms with E-state index in [1.165, 1.54) is 0 Å². The van der Waals surface area contributed by atoms with Crippen LogP contribution in [0.15, 0.2) is 29.2 Å². The van der Waals surface area contributed by atoms with E-state index in [1.54, 1.807) is 24.3 Å². The number of hydrogen-bond acceptors (Lipinski definition) is 4. The normalized spacial score (nSPS) is 25.4. The molecule has 1 aromatic rings. The van der Waals surface area contributed by atoms with Crippen LogP contribution in [0.5, 0.6) is 0 Å². The van der Waals surface area contributed by atoms with Crippen molar-refractivity contribution in [1.29, 1.82) is 0 Å². The van der Waals surface area contributed by atoms with E-state index in [4.69, 9.17) is 10.5 Å². The predicted molar refractivity (Wildman–Crippen MR) is 75.7 cm³/mol. The minimum Gasteiger partial charge on any atom is -0.398 e. The number of anilines is 1. The fraction of sp³-hybridized carbons (Fsp3) is 0.571. The lowest BCUT2D eigenvalue weighted by atomic mass is 10.0. The molecule has 0 aliphatic carbocycles. The Balaban J connectivity index is 2.50. The third-order valence-corrected chi connectivity index (χ3v) is 6.06. The summed E-state index contributed by atoms with van der Waals surface area (Å²) in [6.07, 6.45) is 0.469. The Bertz CT molecular complexity index is 590. The summed E-state index contributed by atoms with van der Waals surface area (Å²) in [6.45, 7) is 7.48. The molecule has 0 radical (unpaired) electrons. The first-order valence-corrected chi connectivity index (χ1v) is 7.89. The molecule has 0 saturated carbocycles. The zero-order valence-corrected chi connectivity index (χ0v) is 12.6. The molecule has 0 spiro atoms. The van der Waals surface area contributed by atoms with E-state index in [1.807, 2.05) is 27.7 Å². The average molecular weight is 283 g/mol. The second-order valence-corrected chi connectivity index (χ2v) is 8.34. The van der Waals surface area contributed by atoms with Crippen LogP contribution in [0.4, 0.5) is 5.69 Å². The highest BCUT2D eigenvalue weighted by molar-refractivity contribution is 7.92. The smallest absolute Gasteiger partial charge is 0.186 e. The Morgan fingerprint density at radius 3 is 2.26 bits per heavy atom. The maximum atomic E-state index is 12.8. The van der Waals surface area contributed by atoms with Gasteiger partial charge in [0, 0.05) is 0 Å². The molecule has 1 unspecified atom stereocenters. The number of nitrogen functional groups attached to an aromatic ring is 1. The number of benzene rings is 1. The van der Waals surface area contributed by atoms with Crippen molar-refractivity contribution in [1.82, 2.24) is 0 Å². The molecular weight excluding hydrogens is 262 g/mol. The summed E-state index contributed by atoms with van der Waals surface area (Å²) in [7, 11) is -3.50. The van der Waals surface area contributed by atoms with Gasteiger partial charge in [-0.1, -0.05) is 12.1 Å². The molecule has 1 saturated heterocycles. The molecule has 0 aromatic heterocycles. The maximum absolute atomic E-state index is 12.8. The van der Waals surface area contributed by atoms with Gasteiger partial charge in [0.05, 0.1) is 27.0 Å². The van der Waals surface area contributed by atoms with Crippen LogP contribution in [-0.2, 0) is 14.6 Å². The van der Waals surface area contributed by atoms with Gasteiger partial charge in [-0.2, -0.15) is 0 Å². The van der Waals surface area contributed by atoms with Crippen molar-refractivity contribution in [3.63, 3.8) is 0 Å². The van der Waals surface area contributed by atoms with Gasteiger partial charge in [0.25, 0.3) is 0 Å². The van der Waals surface area contributed by atoms with E-state index in [0.717, 1.165) is 0 Å². The summed E-state index contributed by atoms with van der Waals surface area (Å²) in [6, 6.07) is 6.60. The number of para-hydroxylation sites is 1. The van der Waals surface area contributed by atoms with Gasteiger partial charge in [0.2, 0.25) is 0 Å². The molecular formula is C14H21NO3S. The molecule has 5 heteroatoms. The fourth-order valence-corrected chi connectivity index (χ4v) is 5.28. The molecule has 19 heavy (non-hydrogen) atoms. The minimum absolute atomic E-state index is 0.203. The quantitative estimate of drug-likeness (QED) is 0.846. The molecule has 2 N–H and O–H groups in total. The molecule has 4 nitrogen and oxygen atoms in total. The summed E-state index contributed by atoms with van der Waals surface area (Å²) < 4.78 is 31.5. The molecule has 1 aromatic carbocycles. The first-order valence-electron chi connectivity index (χ1n) is 6.35. The minimum atomic E-state index is -3.50. The van der Waals surface area contributed by atoms with Gasteiger partial charge >= 0.3 is 0 Å². The molecule has 0 amide bonds. The number of sulfone groups is 1. The van der Waals surface area contributed by atoms with Crippen molar-refractivity contribution in [3.8, 4) is 0 Å². The lowest BCUT2D eigenvalue weighted by Gasteiger charge is -2.27. The first kappa shape index (κ1) is 14.3. The Kier molecular flexibility index (Phi) is 3.18. The van der Waals surface area contributed by atoms with Crippen LogP contribution in [0.1, 0.15) is 34.1 Å². The van der Waals surface area contributed by atoms with E-state index in [-0.39, 0.29) is 4.90 Å². The summed E-state index contributed by atoms with van der Waals surface area (Å²) in [4.78, 5) is 0.203. The molecule has 1 atom stereocenters. The van der Waals surface area contributed by atoms with Gasteiger partial charge in [0.15, 0.2) is 9.84 Å². The van der Waals surface area contributed by atoms with E-state index >= 15 is 0 Å². The van der Waals surface area contributed by atoms with Gasteiger partial charge in [-0.25, -0.2) is 8.42 Å². The molecule has 1 aliphatic rings. The SMILES string of the molecule is CC1(C)CC(S(=O)(=O)c2ccccc2N)C(C)(C)O1. The van der Waals surface area contributed by atoms with Crippen molar-refractivity contribution in [2.24, 2.45) is 0 Å². The fourth-order valence-electron chi connectivity index (χ4n) is 2.89. The molecule has 1 heterocycles. The van der Waals surface area contributed by atoms with Gasteiger partial charge < -0.3 is 10.5 Å². The largest absolute Gasteiger partial charge is 0.398 e. The Morgan fingerprint density at radius 1 is 1.21 bits per heavy atom. The van der Waals surface area contributed by atoms with Crippen LogP contribution in [0, 0.1) is 0 Å². The summed E-state index contributed by atoms with van der Waals surface area (Å²) in [5.41, 5.74) is 4.95. The van der Waals surface area contributed by atoms with Crippen LogP contribution in [0.25, 0.3) is 0 Å². The average Bonchev–Trinajstić information content (AvgIpc) is 2.47. The molecule has 1 aliphatic heterocycles. The second-order valence-electron chi connectivity index (χ2n) is 6.24. The number of rotatable bonds is 2. The summed E-state index contributed by atoms with van der Waals surface area (Å²) in [5, 5.41) is -0.584. The monoisotopic (exact) mass is 283 g/mol. The standard InChI is InChI=1S/C14H21NO3S/c1-13(2)9-12(14(3,4)18-13)19(16,17)11-8-6-5-7-10(11)15/h5-8,12H,9,15H2,1-4H3. The first-order chi connectivity index (χ1) is 8.56. The molecule has 106 valence electrons. The number of hydrogen-bond donors (Lipinski definition) is 1. The van der Waals surface area contributed by atoms with Crippen molar-refractivity contribution in [2.75, 3.05) is 5.73 Å². The Hall–Kier alpha value is -1.07. The van der Waals surface area contributed by atoms with Crippen LogP contribution >= 0.6 is 0 Å². The van der Waals surface area contributed by atoms with Crippen molar-refractivity contribution in [3.05, 3.63) is 24.3 Å². The predicted octanol–water partition coefficient (Wildman–Crippen LogP) is 2.39. The summed E-state index contributed by atoms with van der Waals surface area (Å²) in [5.74, 6) is 0. The topological polar surface area (TPSA) is 69.4 Å². The second kappa shape index (κ2) is 4.21. The zero-order chi connectivity index (χ0) is 14.5. The number of nitrogens with two attached hydrogens (primary N) is 1. The Labute approximate surface area is 114 Å². The Morgan fingerprint density at radius 2 is 1.79 bits per heavy atom. The third-order valence-electron chi connectivity index (χ3n) is 3.59. The maximum Gasteiger partial charge on any atom is 0.186 e. The lowest BCUT2D eigenvalue weighted by molar-refractivity contribution is -0.0635.